The van der Waals surface area contributed by atoms with Crippen LogP contribution in [0.25, 0.3) is 0 Å². The summed E-state index contributed by atoms with van der Waals surface area (Å²) in [5, 5.41) is 3.67. The topological polar surface area (TPSA) is 12.0 Å². The zero-order chi connectivity index (χ0) is 13.7. The second-order valence-electron chi connectivity index (χ2n) is 6.44. The van der Waals surface area contributed by atoms with Crippen LogP contribution < -0.4 is 5.32 Å². The molecule has 0 aromatic heterocycles. The lowest BCUT2D eigenvalue weighted by atomic mass is 9.99. The van der Waals surface area contributed by atoms with Crippen LogP contribution in [0.15, 0.2) is 24.3 Å². The van der Waals surface area contributed by atoms with E-state index in [9.17, 15) is 0 Å². The van der Waals surface area contributed by atoms with E-state index in [1.807, 2.05) is 0 Å². The van der Waals surface area contributed by atoms with Crippen LogP contribution in [0.2, 0.25) is 0 Å². The van der Waals surface area contributed by atoms with Gasteiger partial charge in [0.2, 0.25) is 0 Å². The Kier molecular flexibility index (Phi) is 5.45. The van der Waals surface area contributed by atoms with Crippen molar-refractivity contribution in [3.8, 4) is 0 Å². The number of rotatable bonds is 6. The highest BCUT2D eigenvalue weighted by atomic mass is 14.9. The molecule has 1 nitrogen and oxygen atoms in total. The van der Waals surface area contributed by atoms with E-state index in [0.29, 0.717) is 12.0 Å². The lowest BCUT2D eigenvalue weighted by Crippen LogP contribution is -2.21. The normalized spacial score (nSPS) is 18.1. The summed E-state index contributed by atoms with van der Waals surface area (Å²) in [5.74, 6) is 1.61. The van der Waals surface area contributed by atoms with Gasteiger partial charge in [-0.05, 0) is 42.9 Å². The van der Waals surface area contributed by atoms with E-state index in [-0.39, 0.29) is 0 Å². The van der Waals surface area contributed by atoms with E-state index in [4.69, 9.17) is 0 Å². The largest absolute Gasteiger partial charge is 0.310 e. The molecule has 106 valence electrons. The molecule has 0 amide bonds. The van der Waals surface area contributed by atoms with Crippen LogP contribution in [-0.2, 0) is 0 Å². The number of nitrogens with one attached hydrogen (secondary N) is 1. The van der Waals surface area contributed by atoms with Gasteiger partial charge in [0.15, 0.2) is 0 Å². The molecule has 0 spiro atoms. The van der Waals surface area contributed by atoms with Crippen LogP contribution in [0.4, 0.5) is 0 Å². The van der Waals surface area contributed by atoms with E-state index >= 15 is 0 Å². The Hall–Kier alpha value is -0.820. The first-order chi connectivity index (χ1) is 9.16. The van der Waals surface area contributed by atoms with Crippen LogP contribution in [0.1, 0.15) is 76.0 Å². The summed E-state index contributed by atoms with van der Waals surface area (Å²) in [6.45, 7) is 7.94. The van der Waals surface area contributed by atoms with Gasteiger partial charge in [0.25, 0.3) is 0 Å². The Bertz CT molecular complexity index is 360. The summed E-state index contributed by atoms with van der Waals surface area (Å²) in [7, 11) is 0. The van der Waals surface area contributed by atoms with Crippen LogP contribution in [0.5, 0.6) is 0 Å². The van der Waals surface area contributed by atoms with E-state index in [1.54, 1.807) is 0 Å². The molecule has 19 heavy (non-hydrogen) atoms. The van der Waals surface area contributed by atoms with Crippen molar-refractivity contribution in [3.63, 3.8) is 0 Å². The molecule has 0 saturated heterocycles. The molecule has 1 aliphatic carbocycles. The molecule has 1 atom stereocenters. The minimum Gasteiger partial charge on any atom is -0.310 e. The van der Waals surface area contributed by atoms with Gasteiger partial charge in [-0.2, -0.15) is 0 Å². The predicted octanol–water partition coefficient (Wildman–Crippen LogP) is 5.04. The van der Waals surface area contributed by atoms with Gasteiger partial charge in [-0.25, -0.2) is 0 Å². The van der Waals surface area contributed by atoms with Gasteiger partial charge in [0, 0.05) is 6.04 Å². The minimum atomic E-state index is 0.475. The Balaban J connectivity index is 1.76. The number of hydrogen-bond acceptors (Lipinski definition) is 1. The summed E-state index contributed by atoms with van der Waals surface area (Å²) < 4.78 is 0. The number of hydrogen-bond donors (Lipinski definition) is 1. The van der Waals surface area contributed by atoms with Gasteiger partial charge in [-0.15, -0.1) is 0 Å². The minimum absolute atomic E-state index is 0.475. The predicted molar refractivity (Wildman–Crippen MR) is 83.5 cm³/mol. The summed E-state index contributed by atoms with van der Waals surface area (Å²) in [5.41, 5.74) is 2.85. The fourth-order valence-electron chi connectivity index (χ4n) is 3.09. The summed E-state index contributed by atoms with van der Waals surface area (Å²) in [6.07, 6.45) is 7.18. The smallest absolute Gasteiger partial charge is 0.0291 e. The van der Waals surface area contributed by atoms with Crippen molar-refractivity contribution in [3.05, 3.63) is 35.4 Å². The molecule has 1 fully saturated rings. The summed E-state index contributed by atoms with van der Waals surface area (Å²) in [4.78, 5) is 0. The second kappa shape index (κ2) is 7.09. The molecular formula is C18H29N. The quantitative estimate of drug-likeness (QED) is 0.754. The van der Waals surface area contributed by atoms with Gasteiger partial charge in [0.1, 0.15) is 0 Å². The third-order valence-electron chi connectivity index (χ3n) is 4.58. The summed E-state index contributed by atoms with van der Waals surface area (Å²) >= 11 is 0. The average molecular weight is 259 g/mol. The van der Waals surface area contributed by atoms with E-state index in [2.05, 4.69) is 50.4 Å². The Morgan fingerprint density at radius 3 is 2.16 bits per heavy atom. The van der Waals surface area contributed by atoms with Crippen LogP contribution >= 0.6 is 0 Å². The number of benzene rings is 1. The van der Waals surface area contributed by atoms with Crippen molar-refractivity contribution in [2.24, 2.45) is 5.92 Å². The van der Waals surface area contributed by atoms with Gasteiger partial charge in [-0.1, -0.05) is 63.8 Å². The second-order valence-corrected chi connectivity index (χ2v) is 6.44. The maximum absolute atomic E-state index is 3.67. The lowest BCUT2D eigenvalue weighted by Gasteiger charge is -2.17. The van der Waals surface area contributed by atoms with Crippen molar-refractivity contribution in [1.29, 1.82) is 0 Å². The van der Waals surface area contributed by atoms with Crippen molar-refractivity contribution < 1.29 is 0 Å². The van der Waals surface area contributed by atoms with E-state index in [0.717, 1.165) is 12.5 Å². The van der Waals surface area contributed by atoms with Crippen molar-refractivity contribution in [2.45, 2.75) is 64.8 Å². The van der Waals surface area contributed by atoms with Crippen LogP contribution in [0, 0.1) is 5.92 Å². The third-order valence-corrected chi connectivity index (χ3v) is 4.58. The zero-order valence-electron chi connectivity index (χ0n) is 12.8. The van der Waals surface area contributed by atoms with Crippen LogP contribution in [0.3, 0.4) is 0 Å². The Morgan fingerprint density at radius 1 is 1.00 bits per heavy atom. The molecule has 0 heterocycles. The van der Waals surface area contributed by atoms with E-state index in [1.165, 1.54) is 43.2 Å². The molecule has 1 unspecified atom stereocenters. The molecular weight excluding hydrogens is 230 g/mol. The maximum Gasteiger partial charge on any atom is 0.0291 e. The molecule has 1 aromatic rings. The first-order valence-corrected chi connectivity index (χ1v) is 8.00. The highest BCUT2D eigenvalue weighted by molar-refractivity contribution is 5.26. The third kappa shape index (κ3) is 4.35. The average Bonchev–Trinajstić information content (AvgIpc) is 2.92. The van der Waals surface area contributed by atoms with Gasteiger partial charge in [0.05, 0.1) is 0 Å². The first-order valence-electron chi connectivity index (χ1n) is 8.00. The molecule has 0 bridgehead atoms. The zero-order valence-corrected chi connectivity index (χ0v) is 12.8. The molecule has 0 radical (unpaired) electrons. The fourth-order valence-corrected chi connectivity index (χ4v) is 3.09. The van der Waals surface area contributed by atoms with E-state index < -0.39 is 0 Å². The fraction of sp³-hybridized carbons (Fsp3) is 0.667. The van der Waals surface area contributed by atoms with Crippen molar-refractivity contribution in [2.75, 3.05) is 6.54 Å². The monoisotopic (exact) mass is 259 g/mol. The Labute approximate surface area is 118 Å². The molecule has 1 heteroatoms. The molecule has 0 aliphatic heterocycles. The maximum atomic E-state index is 3.67. The summed E-state index contributed by atoms with van der Waals surface area (Å²) in [6, 6.07) is 9.58. The standard InChI is InChI=1S/C18H29N/c1-14(2)17-8-10-18(11-9-17)15(3)19-13-12-16-6-4-5-7-16/h8-11,14-16,19H,4-7,12-13H2,1-3H3. The molecule has 1 aliphatic rings. The van der Waals surface area contributed by atoms with Gasteiger partial charge < -0.3 is 5.32 Å². The van der Waals surface area contributed by atoms with Crippen LogP contribution in [-0.4, -0.2) is 6.54 Å². The first kappa shape index (κ1) is 14.6. The van der Waals surface area contributed by atoms with Gasteiger partial charge >= 0.3 is 0 Å². The molecule has 1 N–H and O–H groups in total. The van der Waals surface area contributed by atoms with Crippen molar-refractivity contribution in [1.82, 2.24) is 5.32 Å². The molecule has 1 saturated carbocycles. The van der Waals surface area contributed by atoms with Gasteiger partial charge in [-0.3, -0.25) is 0 Å². The SMILES string of the molecule is CC(C)c1ccc(C(C)NCCC2CCCC2)cc1. The molecule has 1 aromatic carbocycles. The lowest BCUT2D eigenvalue weighted by molar-refractivity contribution is 0.455. The highest BCUT2D eigenvalue weighted by Gasteiger charge is 2.14. The Morgan fingerprint density at radius 2 is 1.58 bits per heavy atom. The highest BCUT2D eigenvalue weighted by Crippen LogP contribution is 2.27. The molecule has 2 rings (SSSR count). The van der Waals surface area contributed by atoms with Crippen molar-refractivity contribution >= 4 is 0 Å².